The van der Waals surface area contributed by atoms with Gasteiger partial charge in [0.1, 0.15) is 0 Å². The normalized spacial score (nSPS) is 24.5. The van der Waals surface area contributed by atoms with E-state index in [-0.39, 0.29) is 24.0 Å². The number of carbonyl (C=O) groups is 1. The molecule has 8 heteroatoms. The molecule has 2 fully saturated rings. The highest BCUT2D eigenvalue weighted by Crippen LogP contribution is 2.41. The van der Waals surface area contributed by atoms with Crippen LogP contribution in [0.3, 0.4) is 0 Å². The lowest BCUT2D eigenvalue weighted by molar-refractivity contribution is 0.0512. The van der Waals surface area contributed by atoms with Crippen LogP contribution in [0, 0.1) is 0 Å². The minimum absolute atomic E-state index is 0.0981. The number of rotatable bonds is 3. The largest absolute Gasteiger partial charge is 0.481 e. The average molecular weight is 366 g/mol. The highest BCUT2D eigenvalue weighted by Gasteiger charge is 2.44. The van der Waals surface area contributed by atoms with Crippen LogP contribution in [-0.2, 0) is 7.05 Å². The van der Waals surface area contributed by atoms with Gasteiger partial charge < -0.3 is 9.64 Å². The van der Waals surface area contributed by atoms with Gasteiger partial charge in [0.2, 0.25) is 5.88 Å². The number of nitrogens with zero attached hydrogens (tertiary/aromatic N) is 6. The summed E-state index contributed by atoms with van der Waals surface area (Å²) >= 11 is 0. The van der Waals surface area contributed by atoms with E-state index < -0.39 is 0 Å². The Bertz CT molecular complexity index is 981. The molecule has 0 aliphatic carbocycles. The van der Waals surface area contributed by atoms with Gasteiger partial charge in [-0.05, 0) is 43.9 Å². The summed E-state index contributed by atoms with van der Waals surface area (Å²) in [6.07, 6.45) is 7.36. The molecule has 5 rings (SSSR count). The third-order valence-electron chi connectivity index (χ3n) is 5.93. The number of methoxy groups -OCH3 is 1. The first-order valence-corrected chi connectivity index (χ1v) is 9.35. The fourth-order valence-corrected chi connectivity index (χ4v) is 4.78. The Hall–Kier alpha value is -2.90. The first-order chi connectivity index (χ1) is 13.2. The van der Waals surface area contributed by atoms with Crippen molar-refractivity contribution >= 4 is 16.8 Å². The predicted octanol–water partition coefficient (Wildman–Crippen LogP) is 2.18. The lowest BCUT2D eigenvalue weighted by Gasteiger charge is -2.38. The first kappa shape index (κ1) is 16.3. The number of benzene rings is 1. The van der Waals surface area contributed by atoms with Crippen LogP contribution >= 0.6 is 0 Å². The fourth-order valence-electron chi connectivity index (χ4n) is 4.78. The molecule has 0 spiro atoms. The van der Waals surface area contributed by atoms with Gasteiger partial charge >= 0.3 is 0 Å². The topological polar surface area (TPSA) is 78.1 Å². The van der Waals surface area contributed by atoms with Crippen LogP contribution in [0.1, 0.15) is 42.1 Å². The number of fused-ring (bicyclic) bond motifs is 3. The summed E-state index contributed by atoms with van der Waals surface area (Å²) in [5.41, 5.74) is 1.47. The first-order valence-electron chi connectivity index (χ1n) is 9.35. The average Bonchev–Trinajstić information content (AvgIpc) is 3.37. The van der Waals surface area contributed by atoms with Gasteiger partial charge in [-0.25, -0.2) is 4.68 Å². The summed E-state index contributed by atoms with van der Waals surface area (Å²) in [5, 5.41) is 14.0. The minimum Gasteiger partial charge on any atom is -0.481 e. The van der Waals surface area contributed by atoms with Gasteiger partial charge in [0, 0.05) is 24.7 Å². The molecule has 140 valence electrons. The zero-order valence-corrected chi connectivity index (χ0v) is 15.4. The molecule has 1 aromatic carbocycles. The number of carbonyl (C=O) groups excluding carboxylic acids is 1. The molecular formula is C19H22N6O2. The SMILES string of the molecule is COc1c2ccc(C(=O)N3C4CCC3CC(n3nccn3)C4)cc2nn1C. The van der Waals surface area contributed by atoms with Crippen molar-refractivity contribution in [3.05, 3.63) is 36.2 Å². The molecule has 2 atom stereocenters. The predicted molar refractivity (Wildman–Crippen MR) is 98.5 cm³/mol. The Labute approximate surface area is 156 Å². The highest BCUT2D eigenvalue weighted by molar-refractivity contribution is 5.99. The van der Waals surface area contributed by atoms with E-state index in [0.717, 1.165) is 36.6 Å². The van der Waals surface area contributed by atoms with Gasteiger partial charge in [0.15, 0.2) is 0 Å². The molecule has 2 aliphatic rings. The van der Waals surface area contributed by atoms with Crippen molar-refractivity contribution in [2.24, 2.45) is 7.05 Å². The van der Waals surface area contributed by atoms with Crippen LogP contribution in [0.4, 0.5) is 0 Å². The smallest absolute Gasteiger partial charge is 0.254 e. The van der Waals surface area contributed by atoms with Gasteiger partial charge in [0.05, 0.1) is 36.4 Å². The fraction of sp³-hybridized carbons (Fsp3) is 0.474. The number of ether oxygens (including phenoxy) is 1. The Kier molecular flexibility index (Phi) is 3.66. The van der Waals surface area contributed by atoms with E-state index in [1.54, 1.807) is 29.0 Å². The standard InChI is InChI=1S/C19H22N6O2/c1-23-19(27-2)16-6-3-12(9-17(16)22-23)18(26)24-13-4-5-14(24)11-15(10-13)25-20-7-8-21-25/h3,6-9,13-15H,4-5,10-11H2,1-2H3. The van der Waals surface area contributed by atoms with Gasteiger partial charge in [-0.15, -0.1) is 0 Å². The van der Waals surface area contributed by atoms with Crippen molar-refractivity contribution in [2.75, 3.05) is 7.11 Å². The van der Waals surface area contributed by atoms with Gasteiger partial charge in [-0.2, -0.15) is 20.1 Å². The monoisotopic (exact) mass is 366 g/mol. The molecule has 0 saturated carbocycles. The van der Waals surface area contributed by atoms with E-state index in [9.17, 15) is 4.79 Å². The van der Waals surface area contributed by atoms with Gasteiger partial charge in [-0.1, -0.05) is 0 Å². The maximum absolute atomic E-state index is 13.3. The Morgan fingerprint density at radius 3 is 2.48 bits per heavy atom. The Morgan fingerprint density at radius 2 is 1.81 bits per heavy atom. The van der Waals surface area contributed by atoms with Crippen molar-refractivity contribution in [3.8, 4) is 5.88 Å². The molecule has 0 N–H and O–H groups in total. The molecule has 2 bridgehead atoms. The lowest BCUT2D eigenvalue weighted by Crippen LogP contribution is -2.47. The number of hydrogen-bond acceptors (Lipinski definition) is 5. The van der Waals surface area contributed by atoms with Crippen molar-refractivity contribution in [1.82, 2.24) is 29.7 Å². The molecule has 27 heavy (non-hydrogen) atoms. The molecule has 1 amide bonds. The van der Waals surface area contributed by atoms with Crippen LogP contribution in [-0.4, -0.2) is 54.8 Å². The van der Waals surface area contributed by atoms with E-state index in [4.69, 9.17) is 4.74 Å². The van der Waals surface area contributed by atoms with Crippen molar-refractivity contribution < 1.29 is 9.53 Å². The van der Waals surface area contributed by atoms with Crippen molar-refractivity contribution in [3.63, 3.8) is 0 Å². The number of aryl methyl sites for hydroxylation is 1. The quantitative estimate of drug-likeness (QED) is 0.710. The van der Waals surface area contributed by atoms with Crippen molar-refractivity contribution in [1.29, 1.82) is 0 Å². The van der Waals surface area contributed by atoms with Crippen LogP contribution in [0.2, 0.25) is 0 Å². The van der Waals surface area contributed by atoms with Crippen molar-refractivity contribution in [2.45, 2.75) is 43.8 Å². The van der Waals surface area contributed by atoms with E-state index in [0.29, 0.717) is 11.4 Å². The molecule has 2 unspecified atom stereocenters. The second kappa shape index (κ2) is 6.07. The highest BCUT2D eigenvalue weighted by atomic mass is 16.5. The molecule has 2 saturated heterocycles. The van der Waals surface area contributed by atoms with Gasteiger partial charge in [-0.3, -0.25) is 4.79 Å². The molecule has 8 nitrogen and oxygen atoms in total. The number of piperidine rings is 1. The van der Waals surface area contributed by atoms with Crippen LogP contribution in [0.15, 0.2) is 30.6 Å². The second-order valence-corrected chi connectivity index (χ2v) is 7.44. The van der Waals surface area contributed by atoms with Crippen LogP contribution in [0.25, 0.3) is 10.9 Å². The molecule has 2 aromatic heterocycles. The third kappa shape index (κ3) is 2.50. The van der Waals surface area contributed by atoms with E-state index in [2.05, 4.69) is 20.2 Å². The zero-order chi connectivity index (χ0) is 18.5. The molecule has 4 heterocycles. The molecule has 3 aromatic rings. The number of amides is 1. The summed E-state index contributed by atoms with van der Waals surface area (Å²) in [6.45, 7) is 0. The number of hydrogen-bond donors (Lipinski definition) is 0. The summed E-state index contributed by atoms with van der Waals surface area (Å²) < 4.78 is 7.10. The summed E-state index contributed by atoms with van der Waals surface area (Å²) in [6, 6.07) is 6.47. The van der Waals surface area contributed by atoms with Crippen LogP contribution < -0.4 is 4.74 Å². The summed E-state index contributed by atoms with van der Waals surface area (Å²) in [4.78, 5) is 17.2. The maximum atomic E-state index is 13.3. The summed E-state index contributed by atoms with van der Waals surface area (Å²) in [5.74, 6) is 0.803. The molecule has 2 aliphatic heterocycles. The number of aromatic nitrogens is 5. The Balaban J connectivity index is 1.42. The van der Waals surface area contributed by atoms with E-state index in [1.165, 1.54) is 0 Å². The Morgan fingerprint density at radius 1 is 1.11 bits per heavy atom. The summed E-state index contributed by atoms with van der Waals surface area (Å²) in [7, 11) is 3.47. The third-order valence-corrected chi connectivity index (χ3v) is 5.93. The maximum Gasteiger partial charge on any atom is 0.254 e. The molecular weight excluding hydrogens is 344 g/mol. The van der Waals surface area contributed by atoms with Gasteiger partial charge in [0.25, 0.3) is 5.91 Å². The second-order valence-electron chi connectivity index (χ2n) is 7.44. The lowest BCUT2D eigenvalue weighted by atomic mass is 9.96. The minimum atomic E-state index is 0.0981. The van der Waals surface area contributed by atoms with Crippen LogP contribution in [0.5, 0.6) is 5.88 Å². The molecule has 0 radical (unpaired) electrons. The van der Waals surface area contributed by atoms with E-state index in [1.807, 2.05) is 25.2 Å². The van der Waals surface area contributed by atoms with E-state index >= 15 is 0 Å². The zero-order valence-electron chi connectivity index (χ0n) is 15.4.